The van der Waals surface area contributed by atoms with Crippen molar-refractivity contribution in [3.63, 3.8) is 0 Å². The van der Waals surface area contributed by atoms with E-state index in [1.807, 2.05) is 42.5 Å². The maximum atomic E-state index is 12.7. The van der Waals surface area contributed by atoms with Crippen LogP contribution < -0.4 is 5.32 Å². The van der Waals surface area contributed by atoms with Crippen molar-refractivity contribution in [2.45, 2.75) is 13.0 Å². The number of rotatable bonds is 8. The fraction of sp³-hybridized carbons (Fsp3) is 0.261. The number of methoxy groups -OCH3 is 1. The number of nitrogens with zero attached hydrogens (tertiary/aromatic N) is 3. The first-order valence-electron chi connectivity index (χ1n) is 10.2. The Morgan fingerprint density at radius 1 is 1.22 bits per heavy atom. The number of benzene rings is 2. The van der Waals surface area contributed by atoms with Crippen LogP contribution >= 0.6 is 11.6 Å². The molecule has 0 saturated carbocycles. The molecule has 0 aliphatic carbocycles. The zero-order chi connectivity index (χ0) is 22.7. The van der Waals surface area contributed by atoms with Crippen molar-refractivity contribution >= 4 is 40.2 Å². The van der Waals surface area contributed by atoms with E-state index in [1.54, 1.807) is 6.33 Å². The second-order valence-corrected chi connectivity index (χ2v) is 7.87. The molecule has 32 heavy (non-hydrogen) atoms. The molecule has 2 aromatic carbocycles. The predicted octanol–water partition coefficient (Wildman–Crippen LogP) is 2.61. The number of ether oxygens (including phenoxy) is 1. The number of hydrogen-bond acceptors (Lipinski definition) is 6. The fourth-order valence-electron chi connectivity index (χ4n) is 3.71. The largest absolute Gasteiger partial charge is 0.466 e. The molecule has 1 aliphatic heterocycles. The molecule has 0 fully saturated rings. The molecule has 8 nitrogen and oxygen atoms in total. The van der Waals surface area contributed by atoms with Crippen LogP contribution in [0.3, 0.4) is 0 Å². The quantitative estimate of drug-likeness (QED) is 0.508. The molecule has 0 radical (unpaired) electrons. The summed E-state index contributed by atoms with van der Waals surface area (Å²) in [7, 11) is 1.27. The number of carbonyl (C=O) groups excluding carboxylic acids is 2. The van der Waals surface area contributed by atoms with Gasteiger partial charge in [-0.05, 0) is 42.3 Å². The lowest BCUT2D eigenvalue weighted by Crippen LogP contribution is -2.31. The summed E-state index contributed by atoms with van der Waals surface area (Å²) in [5.41, 5.74) is 3.95. The van der Waals surface area contributed by atoms with E-state index in [-0.39, 0.29) is 36.9 Å². The van der Waals surface area contributed by atoms with E-state index in [0.29, 0.717) is 10.7 Å². The summed E-state index contributed by atoms with van der Waals surface area (Å²) in [5, 5.41) is 13.0. The zero-order valence-electron chi connectivity index (χ0n) is 17.5. The Morgan fingerprint density at radius 3 is 2.72 bits per heavy atom. The van der Waals surface area contributed by atoms with Crippen LogP contribution in [0.25, 0.3) is 11.0 Å². The first kappa shape index (κ1) is 21.9. The lowest BCUT2D eigenvalue weighted by atomic mass is 10.1. The minimum Gasteiger partial charge on any atom is -0.466 e. The van der Waals surface area contributed by atoms with Gasteiger partial charge in [0.05, 0.1) is 43.2 Å². The van der Waals surface area contributed by atoms with Crippen molar-refractivity contribution in [2.24, 2.45) is 0 Å². The van der Waals surface area contributed by atoms with Crippen LogP contribution in [-0.2, 0) is 27.3 Å². The third-order valence-electron chi connectivity index (χ3n) is 5.40. The number of esters is 1. The van der Waals surface area contributed by atoms with Crippen molar-refractivity contribution in [2.75, 3.05) is 32.1 Å². The molecule has 0 unspecified atom stereocenters. The molecule has 1 amide bonds. The number of aliphatic hydroxyl groups is 1. The highest BCUT2D eigenvalue weighted by Gasteiger charge is 2.34. The smallest absolute Gasteiger partial charge is 0.337 e. The van der Waals surface area contributed by atoms with Crippen molar-refractivity contribution in [3.05, 3.63) is 70.6 Å². The van der Waals surface area contributed by atoms with E-state index in [2.05, 4.69) is 14.9 Å². The van der Waals surface area contributed by atoms with Crippen LogP contribution in [0.2, 0.25) is 5.02 Å². The Labute approximate surface area is 190 Å². The Morgan fingerprint density at radius 2 is 2.00 bits per heavy atom. The number of halogens is 1. The molecule has 166 valence electrons. The minimum atomic E-state index is -0.575. The average Bonchev–Trinajstić information content (AvgIpc) is 3.34. The molecule has 0 saturated heterocycles. The second kappa shape index (κ2) is 9.42. The van der Waals surface area contributed by atoms with Crippen LogP contribution in [0.4, 0.5) is 5.69 Å². The number of aromatic nitrogens is 2. The summed E-state index contributed by atoms with van der Waals surface area (Å²) >= 11 is 5.95. The van der Waals surface area contributed by atoms with Crippen LogP contribution in [0.5, 0.6) is 0 Å². The highest BCUT2D eigenvalue weighted by molar-refractivity contribution is 6.30. The van der Waals surface area contributed by atoms with Gasteiger partial charge in [0.2, 0.25) is 0 Å². The minimum absolute atomic E-state index is 0.0932. The number of carbonyl (C=O) groups is 2. The molecule has 0 bridgehead atoms. The SMILES string of the molecule is COC(=O)C1=C(Nc2ccc3c(c2)ncn3CCc2ccc(Cl)cc2)C(=O)N(CCO)C1. The highest BCUT2D eigenvalue weighted by Crippen LogP contribution is 2.25. The Bertz CT molecular complexity index is 1190. The monoisotopic (exact) mass is 454 g/mol. The molecule has 2 heterocycles. The number of aliphatic hydroxyl groups excluding tert-OH is 1. The number of β-amino-alcohol motifs (C(OH)–C–C–N with tert-alkyl or cyclic N) is 1. The Hall–Kier alpha value is -3.36. The first-order chi connectivity index (χ1) is 15.5. The number of anilines is 1. The summed E-state index contributed by atoms with van der Waals surface area (Å²) in [6, 6.07) is 13.4. The summed E-state index contributed by atoms with van der Waals surface area (Å²) in [6.07, 6.45) is 2.63. The number of hydrogen-bond donors (Lipinski definition) is 2. The summed E-state index contributed by atoms with van der Waals surface area (Å²) in [4.78, 5) is 30.7. The topological polar surface area (TPSA) is 96.7 Å². The molecule has 9 heteroatoms. The van der Waals surface area contributed by atoms with Gasteiger partial charge in [-0.3, -0.25) is 4.79 Å². The first-order valence-corrected chi connectivity index (χ1v) is 10.6. The predicted molar refractivity (Wildman–Crippen MR) is 121 cm³/mol. The molecular formula is C23H23ClN4O4. The third-order valence-corrected chi connectivity index (χ3v) is 5.65. The highest BCUT2D eigenvalue weighted by atomic mass is 35.5. The van der Waals surface area contributed by atoms with E-state index < -0.39 is 5.97 Å². The molecule has 1 aromatic heterocycles. The summed E-state index contributed by atoms with van der Waals surface area (Å²) in [5.74, 6) is -0.929. The lowest BCUT2D eigenvalue weighted by Gasteiger charge is -2.15. The van der Waals surface area contributed by atoms with E-state index in [4.69, 9.17) is 16.3 Å². The van der Waals surface area contributed by atoms with Crippen LogP contribution in [-0.4, -0.2) is 58.2 Å². The number of fused-ring (bicyclic) bond motifs is 1. The van der Waals surface area contributed by atoms with Crippen molar-refractivity contribution in [3.8, 4) is 0 Å². The van der Waals surface area contributed by atoms with Crippen LogP contribution in [0.15, 0.2) is 60.1 Å². The summed E-state index contributed by atoms with van der Waals surface area (Å²) < 4.78 is 6.89. The molecule has 0 spiro atoms. The van der Waals surface area contributed by atoms with Gasteiger partial charge in [0, 0.05) is 23.8 Å². The Kier molecular flexibility index (Phi) is 6.43. The molecule has 4 rings (SSSR count). The van der Waals surface area contributed by atoms with E-state index >= 15 is 0 Å². The van der Waals surface area contributed by atoms with E-state index in [1.165, 1.54) is 17.6 Å². The standard InChI is InChI=1S/C23H23ClN4O4/c1-32-23(31)18-13-27(10-11-29)22(30)21(18)26-17-6-7-20-19(12-17)25-14-28(20)9-8-15-2-4-16(24)5-3-15/h2-7,12,14,26,29H,8-11,13H2,1H3. The lowest BCUT2D eigenvalue weighted by molar-refractivity contribution is -0.136. The fourth-order valence-corrected chi connectivity index (χ4v) is 3.84. The van der Waals surface area contributed by atoms with Gasteiger partial charge in [-0.2, -0.15) is 0 Å². The number of aryl methyl sites for hydroxylation is 2. The Balaban J connectivity index is 1.53. The van der Waals surface area contributed by atoms with E-state index in [0.717, 1.165) is 24.0 Å². The van der Waals surface area contributed by atoms with Gasteiger partial charge in [0.25, 0.3) is 5.91 Å². The zero-order valence-corrected chi connectivity index (χ0v) is 18.3. The van der Waals surface area contributed by atoms with Gasteiger partial charge in [-0.25, -0.2) is 9.78 Å². The third kappa shape index (κ3) is 4.46. The second-order valence-electron chi connectivity index (χ2n) is 7.44. The summed E-state index contributed by atoms with van der Waals surface area (Å²) in [6.45, 7) is 0.807. The van der Waals surface area contributed by atoms with E-state index in [9.17, 15) is 14.7 Å². The van der Waals surface area contributed by atoms with Crippen molar-refractivity contribution < 1.29 is 19.4 Å². The van der Waals surface area contributed by atoms with Crippen LogP contribution in [0, 0.1) is 0 Å². The number of nitrogens with one attached hydrogen (secondary N) is 1. The molecule has 2 N–H and O–H groups in total. The maximum Gasteiger partial charge on any atom is 0.337 e. The van der Waals surface area contributed by atoms with Crippen molar-refractivity contribution in [1.29, 1.82) is 0 Å². The number of amides is 1. The van der Waals surface area contributed by atoms with Gasteiger partial charge >= 0.3 is 5.97 Å². The van der Waals surface area contributed by atoms with Gasteiger partial charge in [-0.15, -0.1) is 0 Å². The van der Waals surface area contributed by atoms with Gasteiger partial charge in [0.15, 0.2) is 0 Å². The molecular weight excluding hydrogens is 432 g/mol. The molecule has 1 aliphatic rings. The van der Waals surface area contributed by atoms with Crippen LogP contribution in [0.1, 0.15) is 5.56 Å². The van der Waals surface area contributed by atoms with Gasteiger partial charge in [-0.1, -0.05) is 23.7 Å². The maximum absolute atomic E-state index is 12.7. The van der Waals surface area contributed by atoms with Crippen molar-refractivity contribution in [1.82, 2.24) is 14.5 Å². The molecule has 0 atom stereocenters. The average molecular weight is 455 g/mol. The number of imidazole rings is 1. The van der Waals surface area contributed by atoms with Gasteiger partial charge in [0.1, 0.15) is 5.70 Å². The van der Waals surface area contributed by atoms with Gasteiger partial charge < -0.3 is 24.6 Å². The normalized spacial score (nSPS) is 13.8. The molecule has 3 aromatic rings.